The van der Waals surface area contributed by atoms with Crippen molar-refractivity contribution in [2.45, 2.75) is 31.5 Å². The summed E-state index contributed by atoms with van der Waals surface area (Å²) in [7, 11) is 0. The molecule has 0 saturated carbocycles. The van der Waals surface area contributed by atoms with Gasteiger partial charge in [0.1, 0.15) is 12.7 Å². The van der Waals surface area contributed by atoms with Crippen LogP contribution in [0.3, 0.4) is 0 Å². The SMILES string of the molecule is O=C(NCc1cccnc1)c1ccc(N2CCC(NC[C@@H]3COc4ccccc4O3)CC2)cc1. The molecule has 176 valence electrons. The number of carbonyl (C=O) groups excluding carboxylic acids is 1. The fourth-order valence-electron chi connectivity index (χ4n) is 4.41. The Kier molecular flexibility index (Phi) is 6.91. The number of para-hydroxylation sites is 2. The van der Waals surface area contributed by atoms with Gasteiger partial charge in [0.2, 0.25) is 0 Å². The molecule has 3 heterocycles. The first-order valence-corrected chi connectivity index (χ1v) is 11.9. The predicted molar refractivity (Wildman–Crippen MR) is 131 cm³/mol. The van der Waals surface area contributed by atoms with Gasteiger partial charge in [-0.05, 0) is 60.9 Å². The number of nitrogens with zero attached hydrogens (tertiary/aromatic N) is 2. The summed E-state index contributed by atoms with van der Waals surface area (Å²) in [5, 5.41) is 6.60. The molecule has 2 aromatic carbocycles. The first kappa shape index (κ1) is 22.2. The second kappa shape index (κ2) is 10.6. The highest BCUT2D eigenvalue weighted by atomic mass is 16.6. The molecule has 0 spiro atoms. The maximum absolute atomic E-state index is 12.4. The lowest BCUT2D eigenvalue weighted by molar-refractivity contribution is 0.0873. The quantitative estimate of drug-likeness (QED) is 0.565. The fourth-order valence-corrected chi connectivity index (χ4v) is 4.41. The molecular formula is C27H30N4O3. The molecule has 1 atom stereocenters. The topological polar surface area (TPSA) is 75.7 Å². The highest BCUT2D eigenvalue weighted by molar-refractivity contribution is 5.94. The highest BCUT2D eigenvalue weighted by Gasteiger charge is 2.24. The number of amides is 1. The predicted octanol–water partition coefficient (Wildman–Crippen LogP) is 3.41. The van der Waals surface area contributed by atoms with Crippen molar-refractivity contribution in [3.05, 3.63) is 84.2 Å². The summed E-state index contributed by atoms with van der Waals surface area (Å²) in [6, 6.07) is 20.0. The summed E-state index contributed by atoms with van der Waals surface area (Å²) in [6.07, 6.45) is 5.65. The van der Waals surface area contributed by atoms with E-state index in [1.807, 2.05) is 60.7 Å². The van der Waals surface area contributed by atoms with E-state index in [9.17, 15) is 4.79 Å². The van der Waals surface area contributed by atoms with E-state index in [2.05, 4.69) is 20.5 Å². The molecule has 0 unspecified atom stereocenters. The minimum absolute atomic E-state index is 0.0322. The van der Waals surface area contributed by atoms with Crippen LogP contribution in [0.4, 0.5) is 5.69 Å². The molecule has 7 nitrogen and oxygen atoms in total. The number of benzene rings is 2. The van der Waals surface area contributed by atoms with Crippen LogP contribution in [0.15, 0.2) is 73.1 Å². The van der Waals surface area contributed by atoms with Crippen LogP contribution in [-0.2, 0) is 6.54 Å². The average Bonchev–Trinajstić information content (AvgIpc) is 2.91. The number of nitrogens with one attached hydrogen (secondary N) is 2. The van der Waals surface area contributed by atoms with Crippen molar-refractivity contribution >= 4 is 11.6 Å². The zero-order valence-electron chi connectivity index (χ0n) is 19.2. The van der Waals surface area contributed by atoms with E-state index in [1.165, 1.54) is 0 Å². The summed E-state index contributed by atoms with van der Waals surface area (Å²) in [5.74, 6) is 1.57. The van der Waals surface area contributed by atoms with Crippen LogP contribution >= 0.6 is 0 Å². The zero-order valence-corrected chi connectivity index (χ0v) is 19.2. The summed E-state index contributed by atoms with van der Waals surface area (Å²) in [5.41, 5.74) is 2.81. The summed E-state index contributed by atoms with van der Waals surface area (Å²) in [6.45, 7) is 3.79. The van der Waals surface area contributed by atoms with Crippen molar-refractivity contribution in [1.29, 1.82) is 0 Å². The Hall–Kier alpha value is -3.58. The van der Waals surface area contributed by atoms with Crippen LogP contribution in [0.1, 0.15) is 28.8 Å². The molecular weight excluding hydrogens is 428 g/mol. The Labute approximate surface area is 200 Å². The lowest BCUT2D eigenvalue weighted by Crippen LogP contribution is -2.47. The van der Waals surface area contributed by atoms with E-state index >= 15 is 0 Å². The van der Waals surface area contributed by atoms with Crippen molar-refractivity contribution in [3.63, 3.8) is 0 Å². The van der Waals surface area contributed by atoms with Crippen molar-refractivity contribution in [3.8, 4) is 11.5 Å². The van der Waals surface area contributed by atoms with E-state index in [1.54, 1.807) is 12.4 Å². The molecule has 1 fully saturated rings. The number of hydrogen-bond acceptors (Lipinski definition) is 6. The molecule has 0 radical (unpaired) electrons. The van der Waals surface area contributed by atoms with Gasteiger partial charge < -0.3 is 25.0 Å². The van der Waals surface area contributed by atoms with Gasteiger partial charge in [-0.3, -0.25) is 9.78 Å². The molecule has 5 rings (SSSR count). The van der Waals surface area contributed by atoms with Crippen LogP contribution in [-0.4, -0.2) is 49.3 Å². The monoisotopic (exact) mass is 458 g/mol. The zero-order chi connectivity index (χ0) is 23.2. The Balaban J connectivity index is 1.05. The number of rotatable bonds is 7. The molecule has 1 amide bonds. The van der Waals surface area contributed by atoms with Crippen LogP contribution in [0.2, 0.25) is 0 Å². The van der Waals surface area contributed by atoms with Gasteiger partial charge in [0.05, 0.1) is 0 Å². The van der Waals surface area contributed by atoms with Crippen molar-refractivity contribution in [2.24, 2.45) is 0 Å². The number of fused-ring (bicyclic) bond motifs is 1. The van der Waals surface area contributed by atoms with Gasteiger partial charge in [-0.15, -0.1) is 0 Å². The Bertz CT molecular complexity index is 1080. The van der Waals surface area contributed by atoms with E-state index in [4.69, 9.17) is 9.47 Å². The molecule has 7 heteroatoms. The molecule has 2 N–H and O–H groups in total. The second-order valence-electron chi connectivity index (χ2n) is 8.76. The van der Waals surface area contributed by atoms with Crippen molar-refractivity contribution in [1.82, 2.24) is 15.6 Å². The number of aromatic nitrogens is 1. The van der Waals surface area contributed by atoms with E-state index in [0.717, 1.165) is 55.2 Å². The highest BCUT2D eigenvalue weighted by Crippen LogP contribution is 2.30. The van der Waals surface area contributed by atoms with Gasteiger partial charge in [-0.1, -0.05) is 18.2 Å². The van der Waals surface area contributed by atoms with Gasteiger partial charge >= 0.3 is 0 Å². The molecule has 2 aliphatic heterocycles. The van der Waals surface area contributed by atoms with E-state index in [0.29, 0.717) is 24.8 Å². The second-order valence-corrected chi connectivity index (χ2v) is 8.76. The summed E-state index contributed by atoms with van der Waals surface area (Å²) < 4.78 is 11.9. The standard InChI is InChI=1S/C27H30N4O3/c32-27(30-17-20-4-3-13-28-16-20)21-7-9-23(10-8-21)31-14-11-22(12-15-31)29-18-24-19-33-25-5-1-2-6-26(25)34-24/h1-10,13,16,22,24,29H,11-12,14-15,17-19H2,(H,30,32)/t24-/m1/s1. The number of pyridine rings is 1. The third kappa shape index (κ3) is 5.48. The maximum Gasteiger partial charge on any atom is 0.251 e. The van der Waals surface area contributed by atoms with Crippen LogP contribution in [0.5, 0.6) is 11.5 Å². The molecule has 1 saturated heterocycles. The normalized spacial score (nSPS) is 17.9. The molecule has 1 aromatic heterocycles. The lowest BCUT2D eigenvalue weighted by Gasteiger charge is -2.35. The lowest BCUT2D eigenvalue weighted by atomic mass is 10.0. The Morgan fingerprint density at radius 1 is 1.00 bits per heavy atom. The Morgan fingerprint density at radius 3 is 2.56 bits per heavy atom. The van der Waals surface area contributed by atoms with Gasteiger partial charge in [-0.25, -0.2) is 0 Å². The average molecular weight is 459 g/mol. The van der Waals surface area contributed by atoms with E-state index < -0.39 is 0 Å². The summed E-state index contributed by atoms with van der Waals surface area (Å²) in [4.78, 5) is 18.9. The maximum atomic E-state index is 12.4. The van der Waals surface area contributed by atoms with Crippen LogP contribution < -0.4 is 25.0 Å². The first-order valence-electron chi connectivity index (χ1n) is 11.9. The largest absolute Gasteiger partial charge is 0.486 e. The number of piperidine rings is 1. The third-order valence-electron chi connectivity index (χ3n) is 6.37. The van der Waals surface area contributed by atoms with Gasteiger partial charge in [0.15, 0.2) is 11.5 Å². The van der Waals surface area contributed by atoms with Crippen LogP contribution in [0, 0.1) is 0 Å². The van der Waals surface area contributed by atoms with Gasteiger partial charge in [0.25, 0.3) is 5.91 Å². The van der Waals surface area contributed by atoms with Crippen molar-refractivity contribution < 1.29 is 14.3 Å². The first-order chi connectivity index (χ1) is 16.7. The van der Waals surface area contributed by atoms with Gasteiger partial charge in [0, 0.05) is 55.9 Å². The minimum Gasteiger partial charge on any atom is -0.486 e. The van der Waals surface area contributed by atoms with Gasteiger partial charge in [-0.2, -0.15) is 0 Å². The fraction of sp³-hybridized carbons (Fsp3) is 0.333. The van der Waals surface area contributed by atoms with Crippen LogP contribution in [0.25, 0.3) is 0 Å². The molecule has 0 aliphatic carbocycles. The Morgan fingerprint density at radius 2 is 1.79 bits per heavy atom. The number of carbonyl (C=O) groups is 1. The number of hydrogen-bond donors (Lipinski definition) is 2. The third-order valence-corrected chi connectivity index (χ3v) is 6.37. The molecule has 3 aromatic rings. The van der Waals surface area contributed by atoms with E-state index in [-0.39, 0.29) is 12.0 Å². The van der Waals surface area contributed by atoms with Crippen molar-refractivity contribution in [2.75, 3.05) is 31.1 Å². The number of ether oxygens (including phenoxy) is 2. The smallest absolute Gasteiger partial charge is 0.251 e. The minimum atomic E-state index is -0.0742. The molecule has 2 aliphatic rings. The number of anilines is 1. The molecule has 0 bridgehead atoms. The summed E-state index contributed by atoms with van der Waals surface area (Å²) >= 11 is 0. The molecule has 34 heavy (non-hydrogen) atoms.